The molecule has 0 aliphatic rings. The quantitative estimate of drug-likeness (QED) is 0.303. The molecule has 0 aromatic rings. The minimum absolute atomic E-state index is 0.870. The fraction of sp³-hybridized carbons (Fsp3) is 0.600. The van der Waals surface area contributed by atoms with Crippen molar-refractivity contribution in [2.75, 3.05) is 7.11 Å². The summed E-state index contributed by atoms with van der Waals surface area (Å²) in [5.74, 6) is -1.84. The molecule has 0 atom stereocenters. The molecular weight excluding hydrogens is 230 g/mol. The highest BCUT2D eigenvalue weighted by atomic mass is 32.3. The third-order valence-electron chi connectivity index (χ3n) is 1.23. The van der Waals surface area contributed by atoms with E-state index < -0.39 is 27.8 Å². The molecule has 0 spiro atoms. The van der Waals surface area contributed by atoms with Gasteiger partial charge in [-0.3, -0.25) is 18.3 Å². The molecule has 15 heavy (non-hydrogen) atoms. The number of hydrogen-bond donors (Lipinski definition) is 4. The van der Waals surface area contributed by atoms with Gasteiger partial charge in [0.2, 0.25) is 11.8 Å². The highest BCUT2D eigenvalue weighted by Crippen LogP contribution is 1.93. The Morgan fingerprint density at radius 3 is 1.47 bits per heavy atom. The second kappa shape index (κ2) is 5.60. The van der Waals surface area contributed by atoms with Crippen LogP contribution in [0.2, 0.25) is 0 Å². The number of rotatable bonds is 3. The van der Waals surface area contributed by atoms with E-state index in [2.05, 4.69) is 4.18 Å². The van der Waals surface area contributed by atoms with Crippen LogP contribution in [-0.4, -0.2) is 37.4 Å². The largest absolute Gasteiger partial charge is 0.397 e. The summed E-state index contributed by atoms with van der Waals surface area (Å²) in [6.45, 7) is 1.16. The van der Waals surface area contributed by atoms with Crippen molar-refractivity contribution < 1.29 is 26.7 Å². The molecule has 0 saturated carbocycles. The Labute approximate surface area is 86.5 Å². The van der Waals surface area contributed by atoms with Crippen LogP contribution in [0.15, 0.2) is 0 Å². The summed E-state index contributed by atoms with van der Waals surface area (Å²) in [6.07, 6.45) is 0. The Morgan fingerprint density at radius 1 is 1.27 bits per heavy atom. The molecule has 0 aliphatic carbocycles. The highest BCUT2D eigenvalue weighted by molar-refractivity contribution is 7.80. The van der Waals surface area contributed by atoms with Gasteiger partial charge in [-0.2, -0.15) is 8.42 Å². The zero-order valence-electron chi connectivity index (χ0n) is 8.13. The molecule has 0 aromatic carbocycles. The van der Waals surface area contributed by atoms with Gasteiger partial charge in [-0.1, -0.05) is 0 Å². The standard InChI is InChI=1S/C4H9N3O2.CH4O4S/c1-4(7,2(5)8)3(6)9;1-5-6(2,3)4/h7H2,1H3,(H2,5,8)(H2,6,9);1H3,(H,2,3,4). The molecule has 2 amide bonds. The summed E-state index contributed by atoms with van der Waals surface area (Å²) >= 11 is 0. The number of hydrogen-bond acceptors (Lipinski definition) is 6. The van der Waals surface area contributed by atoms with E-state index in [1.807, 2.05) is 0 Å². The number of primary amides is 2. The van der Waals surface area contributed by atoms with Gasteiger partial charge < -0.3 is 17.2 Å². The maximum atomic E-state index is 10.3. The van der Waals surface area contributed by atoms with Crippen molar-refractivity contribution >= 4 is 22.2 Å². The minimum atomic E-state index is -4.16. The van der Waals surface area contributed by atoms with Gasteiger partial charge in [0.05, 0.1) is 7.11 Å². The van der Waals surface area contributed by atoms with Crippen LogP contribution in [0.3, 0.4) is 0 Å². The van der Waals surface area contributed by atoms with Gasteiger partial charge in [-0.05, 0) is 6.92 Å². The van der Waals surface area contributed by atoms with Gasteiger partial charge in [0.25, 0.3) is 0 Å². The molecule has 10 heteroatoms. The van der Waals surface area contributed by atoms with Crippen molar-refractivity contribution in [1.29, 1.82) is 0 Å². The number of nitrogens with two attached hydrogens (primary N) is 3. The normalized spacial score (nSPS) is 11.2. The molecule has 0 fully saturated rings. The summed E-state index contributed by atoms with van der Waals surface area (Å²) < 4.78 is 29.7. The van der Waals surface area contributed by atoms with Crippen LogP contribution < -0.4 is 17.2 Å². The van der Waals surface area contributed by atoms with Gasteiger partial charge >= 0.3 is 10.4 Å². The van der Waals surface area contributed by atoms with E-state index in [0.717, 1.165) is 14.0 Å². The Balaban J connectivity index is 0. The third-order valence-corrected chi connectivity index (χ3v) is 1.66. The van der Waals surface area contributed by atoms with Crippen molar-refractivity contribution in [2.45, 2.75) is 12.5 Å². The summed E-state index contributed by atoms with van der Waals surface area (Å²) in [6, 6.07) is 0. The van der Waals surface area contributed by atoms with Crippen molar-refractivity contribution in [1.82, 2.24) is 0 Å². The van der Waals surface area contributed by atoms with Crippen molar-refractivity contribution in [3.63, 3.8) is 0 Å². The summed E-state index contributed by atoms with van der Waals surface area (Å²) in [4.78, 5) is 20.5. The van der Waals surface area contributed by atoms with E-state index in [4.69, 9.17) is 21.8 Å². The molecule has 0 aromatic heterocycles. The lowest BCUT2D eigenvalue weighted by molar-refractivity contribution is -0.132. The SMILES string of the molecule is CC(N)(C(N)=O)C(N)=O.COS(=O)(=O)O. The zero-order valence-corrected chi connectivity index (χ0v) is 8.95. The second-order valence-corrected chi connectivity index (χ2v) is 3.71. The average molecular weight is 243 g/mol. The molecular formula is C5H13N3O6S. The van der Waals surface area contributed by atoms with Crippen LogP contribution in [0.1, 0.15) is 6.92 Å². The molecule has 0 rings (SSSR count). The van der Waals surface area contributed by atoms with Crippen LogP contribution >= 0.6 is 0 Å². The maximum Gasteiger partial charge on any atom is 0.397 e. The fourth-order valence-corrected chi connectivity index (χ4v) is 0.121. The molecule has 0 heterocycles. The van der Waals surface area contributed by atoms with Gasteiger partial charge in [-0.25, -0.2) is 0 Å². The Hall–Kier alpha value is -1.23. The summed E-state index contributed by atoms with van der Waals surface area (Å²) in [5, 5.41) is 0. The highest BCUT2D eigenvalue weighted by Gasteiger charge is 2.32. The molecule has 9 nitrogen and oxygen atoms in total. The maximum absolute atomic E-state index is 10.3. The molecule has 0 unspecified atom stereocenters. The first-order valence-corrected chi connectivity index (χ1v) is 4.73. The van der Waals surface area contributed by atoms with Crippen LogP contribution in [0, 0.1) is 0 Å². The Kier molecular flexibility index (Phi) is 6.05. The Bertz CT molecular complexity index is 319. The Morgan fingerprint density at radius 2 is 1.47 bits per heavy atom. The molecule has 0 radical (unpaired) electrons. The lowest BCUT2D eigenvalue weighted by atomic mass is 10.0. The van der Waals surface area contributed by atoms with Crippen molar-refractivity contribution in [3.05, 3.63) is 0 Å². The van der Waals surface area contributed by atoms with Crippen LogP contribution in [-0.2, 0) is 24.2 Å². The van der Waals surface area contributed by atoms with Crippen LogP contribution in [0.5, 0.6) is 0 Å². The van der Waals surface area contributed by atoms with E-state index >= 15 is 0 Å². The van der Waals surface area contributed by atoms with Crippen molar-refractivity contribution in [3.8, 4) is 0 Å². The molecule has 0 bridgehead atoms. The lowest BCUT2D eigenvalue weighted by Gasteiger charge is -2.14. The van der Waals surface area contributed by atoms with E-state index in [-0.39, 0.29) is 0 Å². The number of carbonyl (C=O) groups is 2. The first-order valence-electron chi connectivity index (χ1n) is 3.37. The van der Waals surface area contributed by atoms with E-state index in [1.165, 1.54) is 0 Å². The molecule has 0 aliphatic heterocycles. The van der Waals surface area contributed by atoms with Crippen LogP contribution in [0.4, 0.5) is 0 Å². The monoisotopic (exact) mass is 243 g/mol. The number of amides is 2. The van der Waals surface area contributed by atoms with Crippen LogP contribution in [0.25, 0.3) is 0 Å². The average Bonchev–Trinajstić information content (AvgIpc) is 2.03. The van der Waals surface area contributed by atoms with Crippen molar-refractivity contribution in [2.24, 2.45) is 17.2 Å². The first kappa shape index (κ1) is 16.2. The summed E-state index contributed by atoms with van der Waals surface area (Å²) in [7, 11) is -3.29. The summed E-state index contributed by atoms with van der Waals surface area (Å²) in [5.41, 5.74) is 12.7. The second-order valence-electron chi connectivity index (χ2n) is 2.53. The molecule has 7 N–H and O–H groups in total. The predicted molar refractivity (Wildman–Crippen MR) is 49.5 cm³/mol. The van der Waals surface area contributed by atoms with Gasteiger partial charge in [0, 0.05) is 0 Å². The predicted octanol–water partition coefficient (Wildman–Crippen LogP) is -2.89. The van der Waals surface area contributed by atoms with E-state index in [0.29, 0.717) is 0 Å². The fourth-order valence-electron chi connectivity index (χ4n) is 0.121. The zero-order chi connectivity index (χ0) is 12.9. The van der Waals surface area contributed by atoms with E-state index in [1.54, 1.807) is 0 Å². The lowest BCUT2D eigenvalue weighted by Crippen LogP contribution is -2.58. The topological polar surface area (TPSA) is 176 Å². The third kappa shape index (κ3) is 7.81. The van der Waals surface area contributed by atoms with Gasteiger partial charge in [0.1, 0.15) is 0 Å². The molecule has 0 saturated heterocycles. The first-order chi connectivity index (χ1) is 6.45. The van der Waals surface area contributed by atoms with Gasteiger partial charge in [-0.15, -0.1) is 0 Å². The molecule has 90 valence electrons. The van der Waals surface area contributed by atoms with Gasteiger partial charge in [0.15, 0.2) is 5.54 Å². The minimum Gasteiger partial charge on any atom is -0.368 e. The smallest absolute Gasteiger partial charge is 0.368 e. The number of carbonyl (C=O) groups excluding carboxylic acids is 2. The van der Waals surface area contributed by atoms with E-state index in [9.17, 15) is 18.0 Å².